The molecule has 1 heterocycles. The maximum atomic E-state index is 13.6. The van der Waals surface area contributed by atoms with Gasteiger partial charge in [-0.3, -0.25) is 14.4 Å². The van der Waals surface area contributed by atoms with Crippen molar-refractivity contribution in [2.75, 3.05) is 7.11 Å². The number of ether oxygens (including phenoxy) is 2. The summed E-state index contributed by atoms with van der Waals surface area (Å²) >= 11 is 0. The lowest BCUT2D eigenvalue weighted by Crippen LogP contribution is -2.52. The van der Waals surface area contributed by atoms with Crippen LogP contribution in [-0.2, 0) is 20.7 Å². The van der Waals surface area contributed by atoms with Crippen LogP contribution in [0.3, 0.4) is 0 Å². The topological polar surface area (TPSA) is 93.2 Å². The first-order valence-electron chi connectivity index (χ1n) is 9.36. The molecule has 1 N–H and O–H groups in total. The molecule has 1 aliphatic heterocycles. The van der Waals surface area contributed by atoms with Crippen LogP contribution in [0.2, 0.25) is 0 Å². The van der Waals surface area contributed by atoms with Gasteiger partial charge in [-0.2, -0.15) is 0 Å². The lowest BCUT2D eigenvalue weighted by Gasteiger charge is -2.38. The van der Waals surface area contributed by atoms with E-state index in [9.17, 15) is 19.5 Å². The van der Waals surface area contributed by atoms with Gasteiger partial charge >= 0.3 is 0 Å². The number of hydrogen-bond donors (Lipinski definition) is 1. The number of carbonyl (C=O) groups is 3. The molecule has 0 amide bonds. The minimum atomic E-state index is -1.46. The number of hydrogen-bond acceptors (Lipinski definition) is 6. The Morgan fingerprint density at radius 2 is 2.07 bits per heavy atom. The van der Waals surface area contributed by atoms with Crippen molar-refractivity contribution in [3.63, 3.8) is 0 Å². The number of aliphatic hydroxyl groups excluding tert-OH is 1. The van der Waals surface area contributed by atoms with Crippen molar-refractivity contribution >= 4 is 17.3 Å². The average Bonchev–Trinajstić information content (AvgIpc) is 3.36. The number of aliphatic hydroxyl groups is 1. The van der Waals surface area contributed by atoms with Gasteiger partial charge in [0, 0.05) is 35.0 Å². The highest BCUT2D eigenvalue weighted by Crippen LogP contribution is 2.65. The van der Waals surface area contributed by atoms with E-state index in [4.69, 9.17) is 9.47 Å². The van der Waals surface area contributed by atoms with Crippen LogP contribution in [0.5, 0.6) is 5.75 Å². The Kier molecular flexibility index (Phi) is 3.30. The van der Waals surface area contributed by atoms with Crippen LogP contribution < -0.4 is 4.74 Å². The Labute approximate surface area is 161 Å². The Balaban J connectivity index is 1.75. The lowest BCUT2D eigenvalue weighted by molar-refractivity contribution is -0.131. The zero-order valence-electron chi connectivity index (χ0n) is 15.8. The predicted molar refractivity (Wildman–Crippen MR) is 98.1 cm³/mol. The molecular formula is C22H20O6. The Bertz CT molecular complexity index is 1030. The smallest absolute Gasteiger partial charge is 0.203 e. The molecule has 28 heavy (non-hydrogen) atoms. The third-order valence-corrected chi connectivity index (χ3v) is 6.73. The van der Waals surface area contributed by atoms with E-state index in [0.717, 1.165) is 5.56 Å². The number of epoxide rings is 1. The number of allylic oxidation sites excluding steroid dienone is 2. The molecule has 4 aliphatic rings. The van der Waals surface area contributed by atoms with Crippen molar-refractivity contribution in [2.45, 2.75) is 37.6 Å². The van der Waals surface area contributed by atoms with Gasteiger partial charge in [0.1, 0.15) is 23.2 Å². The maximum absolute atomic E-state index is 13.6. The Morgan fingerprint density at radius 1 is 1.32 bits per heavy atom. The Hall–Kier alpha value is -2.57. The van der Waals surface area contributed by atoms with Crippen LogP contribution in [0, 0.1) is 11.8 Å². The molecule has 0 bridgehead atoms. The summed E-state index contributed by atoms with van der Waals surface area (Å²) in [6.07, 6.45) is 2.58. The van der Waals surface area contributed by atoms with E-state index in [1.165, 1.54) is 6.92 Å². The maximum Gasteiger partial charge on any atom is 0.203 e. The third kappa shape index (κ3) is 1.78. The summed E-state index contributed by atoms with van der Waals surface area (Å²) in [5, 5.41) is 10.5. The summed E-state index contributed by atoms with van der Waals surface area (Å²) in [5.74, 6) is -1.58. The van der Waals surface area contributed by atoms with E-state index >= 15 is 0 Å². The lowest BCUT2D eigenvalue weighted by atomic mass is 9.60. The average molecular weight is 380 g/mol. The fourth-order valence-corrected chi connectivity index (χ4v) is 5.36. The molecule has 1 saturated heterocycles. The standard InChI is InChI=1S/C22H20O6/c1-10-16(11(2)23)13-7-8-21-9-14-12(5-4-6-15(14)27-3)20(26)22(21,28-21)17(13)19(25)18(10)24/h4-8,10,16,18,24H,9H2,1-3H3/t10-,16-,18-,21?,22?/m0/s1. The minimum Gasteiger partial charge on any atom is -0.496 e. The number of ketones is 3. The molecule has 1 aromatic rings. The van der Waals surface area contributed by atoms with Crippen molar-refractivity contribution < 1.29 is 29.0 Å². The zero-order valence-corrected chi connectivity index (χ0v) is 15.8. The van der Waals surface area contributed by atoms with Gasteiger partial charge < -0.3 is 14.6 Å². The molecule has 6 nitrogen and oxygen atoms in total. The molecular weight excluding hydrogens is 360 g/mol. The van der Waals surface area contributed by atoms with E-state index in [0.29, 0.717) is 23.3 Å². The van der Waals surface area contributed by atoms with E-state index in [1.54, 1.807) is 44.4 Å². The molecule has 0 aromatic heterocycles. The van der Waals surface area contributed by atoms with Gasteiger partial charge in [-0.05, 0) is 24.6 Å². The summed E-state index contributed by atoms with van der Waals surface area (Å²) in [4.78, 5) is 39.0. The van der Waals surface area contributed by atoms with Gasteiger partial charge in [-0.25, -0.2) is 0 Å². The second-order valence-corrected chi connectivity index (χ2v) is 8.09. The number of rotatable bonds is 2. The second-order valence-electron chi connectivity index (χ2n) is 8.09. The minimum absolute atomic E-state index is 0.147. The zero-order chi connectivity index (χ0) is 20.0. The molecule has 3 aliphatic carbocycles. The number of carbonyl (C=O) groups excluding carboxylic acids is 3. The first-order valence-corrected chi connectivity index (χ1v) is 9.36. The van der Waals surface area contributed by atoms with Gasteiger partial charge in [0.05, 0.1) is 7.11 Å². The Morgan fingerprint density at radius 3 is 2.75 bits per heavy atom. The van der Waals surface area contributed by atoms with Gasteiger partial charge in [-0.1, -0.05) is 25.1 Å². The van der Waals surface area contributed by atoms with Crippen LogP contribution in [-0.4, -0.2) is 46.9 Å². The van der Waals surface area contributed by atoms with Crippen molar-refractivity contribution in [3.05, 3.63) is 52.6 Å². The van der Waals surface area contributed by atoms with Crippen LogP contribution in [0.4, 0.5) is 0 Å². The highest BCUT2D eigenvalue weighted by atomic mass is 16.6. The van der Waals surface area contributed by atoms with Crippen molar-refractivity contribution in [1.29, 1.82) is 0 Å². The van der Waals surface area contributed by atoms with Gasteiger partial charge in [0.2, 0.25) is 5.78 Å². The SMILES string of the molecule is COc1cccc2c1CC13C=CC4=C(C(=O)[C@@H](O)[C@@H](C)[C@H]4C(C)=O)C1(O3)C2=O. The number of fused-ring (bicyclic) bond motifs is 1. The third-order valence-electron chi connectivity index (χ3n) is 6.73. The number of Topliss-reactive ketones (excluding diaryl/α,β-unsaturated/α-hetero) is 3. The molecule has 1 fully saturated rings. The first-order chi connectivity index (χ1) is 13.3. The quantitative estimate of drug-likeness (QED) is 0.784. The first kappa shape index (κ1) is 17.5. The highest BCUT2D eigenvalue weighted by molar-refractivity contribution is 6.20. The summed E-state index contributed by atoms with van der Waals surface area (Å²) in [5.41, 5.74) is -0.570. The monoisotopic (exact) mass is 380 g/mol. The summed E-state index contributed by atoms with van der Waals surface area (Å²) < 4.78 is 11.5. The van der Waals surface area contributed by atoms with Gasteiger partial charge in [-0.15, -0.1) is 0 Å². The van der Waals surface area contributed by atoms with E-state index in [1.807, 2.05) is 0 Å². The highest BCUT2D eigenvalue weighted by Gasteiger charge is 2.80. The van der Waals surface area contributed by atoms with E-state index in [2.05, 4.69) is 0 Å². The fraction of sp³-hybridized carbons (Fsp3) is 0.409. The molecule has 144 valence electrons. The van der Waals surface area contributed by atoms with Crippen LogP contribution in [0.1, 0.15) is 29.8 Å². The van der Waals surface area contributed by atoms with Crippen molar-refractivity contribution in [2.24, 2.45) is 11.8 Å². The van der Waals surface area contributed by atoms with Crippen molar-refractivity contribution in [3.8, 4) is 5.75 Å². The molecule has 0 radical (unpaired) electrons. The van der Waals surface area contributed by atoms with Crippen molar-refractivity contribution in [1.82, 2.24) is 0 Å². The summed E-state index contributed by atoms with van der Waals surface area (Å²) in [7, 11) is 1.55. The van der Waals surface area contributed by atoms with Crippen LogP contribution in [0.15, 0.2) is 41.5 Å². The van der Waals surface area contributed by atoms with E-state index in [-0.39, 0.29) is 17.1 Å². The van der Waals surface area contributed by atoms with Crippen LogP contribution in [0.25, 0.3) is 0 Å². The normalized spacial score (nSPS) is 37.6. The molecule has 6 heteroatoms. The summed E-state index contributed by atoms with van der Waals surface area (Å²) in [6, 6.07) is 5.22. The van der Waals surface area contributed by atoms with E-state index < -0.39 is 34.9 Å². The molecule has 5 atom stereocenters. The molecule has 1 aromatic carbocycles. The molecule has 0 saturated carbocycles. The van der Waals surface area contributed by atoms with Gasteiger partial charge in [0.15, 0.2) is 11.4 Å². The number of methoxy groups -OCH3 is 1. The van der Waals surface area contributed by atoms with Gasteiger partial charge in [0.25, 0.3) is 0 Å². The largest absolute Gasteiger partial charge is 0.496 e. The predicted octanol–water partition coefficient (Wildman–Crippen LogP) is 1.59. The fourth-order valence-electron chi connectivity index (χ4n) is 5.36. The molecule has 5 rings (SSSR count). The molecule has 2 unspecified atom stereocenters. The summed E-state index contributed by atoms with van der Waals surface area (Å²) in [6.45, 7) is 3.13. The number of benzene rings is 1. The molecule has 0 spiro atoms. The second kappa shape index (κ2) is 5.27. The van der Waals surface area contributed by atoms with Crippen LogP contribution >= 0.6 is 0 Å².